The van der Waals surface area contributed by atoms with E-state index in [1.54, 1.807) is 12.4 Å². The summed E-state index contributed by atoms with van der Waals surface area (Å²) in [5.74, 6) is 0.635. The number of pyridine rings is 2. The van der Waals surface area contributed by atoms with Gasteiger partial charge in [0.1, 0.15) is 0 Å². The van der Waals surface area contributed by atoms with E-state index in [1.807, 2.05) is 25.1 Å². The van der Waals surface area contributed by atoms with Crippen molar-refractivity contribution in [1.29, 1.82) is 0 Å². The number of hydrogen-bond donors (Lipinski definition) is 1. The van der Waals surface area contributed by atoms with Crippen LogP contribution in [0.3, 0.4) is 0 Å². The number of nitrogens with zero attached hydrogens (tertiary/aromatic N) is 2. The lowest BCUT2D eigenvalue weighted by Gasteiger charge is -2.08. The summed E-state index contributed by atoms with van der Waals surface area (Å²) in [5, 5.41) is 3.26. The van der Waals surface area contributed by atoms with Crippen LogP contribution in [0, 0.1) is 0 Å². The third-order valence-corrected chi connectivity index (χ3v) is 3.49. The van der Waals surface area contributed by atoms with Crippen LogP contribution in [-0.2, 0) is 6.54 Å². The second kappa shape index (κ2) is 6.86. The SMILES string of the molecule is CCOc1ccc(NCc2ncc(Br)cc2Br)cn1. The van der Waals surface area contributed by atoms with Crippen molar-refractivity contribution in [3.63, 3.8) is 0 Å². The molecule has 2 aromatic rings. The van der Waals surface area contributed by atoms with Crippen LogP contribution in [0.1, 0.15) is 12.6 Å². The topological polar surface area (TPSA) is 47.0 Å². The molecule has 0 aliphatic rings. The second-order valence-corrected chi connectivity index (χ2v) is 5.52. The zero-order valence-electron chi connectivity index (χ0n) is 10.4. The molecule has 2 aromatic heterocycles. The second-order valence-electron chi connectivity index (χ2n) is 3.75. The molecule has 0 spiro atoms. The largest absolute Gasteiger partial charge is 0.478 e. The third-order valence-electron chi connectivity index (χ3n) is 2.37. The first kappa shape index (κ1) is 14.3. The van der Waals surface area contributed by atoms with Crippen molar-refractivity contribution >= 4 is 37.5 Å². The molecular weight excluding hydrogens is 374 g/mol. The first-order valence-electron chi connectivity index (χ1n) is 5.81. The summed E-state index contributed by atoms with van der Waals surface area (Å²) in [6.07, 6.45) is 3.52. The minimum Gasteiger partial charge on any atom is -0.478 e. The molecule has 0 amide bonds. The van der Waals surface area contributed by atoms with Gasteiger partial charge in [-0.05, 0) is 50.9 Å². The van der Waals surface area contributed by atoms with Gasteiger partial charge in [0.25, 0.3) is 0 Å². The summed E-state index contributed by atoms with van der Waals surface area (Å²) in [6.45, 7) is 3.18. The van der Waals surface area contributed by atoms with E-state index in [-0.39, 0.29) is 0 Å². The number of halogens is 2. The van der Waals surface area contributed by atoms with Gasteiger partial charge in [-0.25, -0.2) is 4.98 Å². The summed E-state index contributed by atoms with van der Waals surface area (Å²) in [6, 6.07) is 5.75. The molecule has 0 radical (unpaired) electrons. The minimum atomic E-state index is 0.621. The summed E-state index contributed by atoms with van der Waals surface area (Å²) >= 11 is 6.86. The number of aromatic nitrogens is 2. The molecule has 0 aromatic carbocycles. The van der Waals surface area contributed by atoms with E-state index < -0.39 is 0 Å². The monoisotopic (exact) mass is 385 g/mol. The van der Waals surface area contributed by atoms with Crippen molar-refractivity contribution in [3.05, 3.63) is 45.2 Å². The number of ether oxygens (including phenoxy) is 1. The highest BCUT2D eigenvalue weighted by atomic mass is 79.9. The number of anilines is 1. The van der Waals surface area contributed by atoms with E-state index in [0.717, 1.165) is 20.3 Å². The minimum absolute atomic E-state index is 0.621. The third kappa shape index (κ3) is 4.18. The van der Waals surface area contributed by atoms with Crippen molar-refractivity contribution in [2.24, 2.45) is 0 Å². The van der Waals surface area contributed by atoms with Gasteiger partial charge in [-0.2, -0.15) is 0 Å². The Hall–Kier alpha value is -1.14. The maximum Gasteiger partial charge on any atom is 0.213 e. The van der Waals surface area contributed by atoms with Crippen LogP contribution in [-0.4, -0.2) is 16.6 Å². The van der Waals surface area contributed by atoms with Gasteiger partial charge < -0.3 is 10.1 Å². The maximum absolute atomic E-state index is 5.29. The van der Waals surface area contributed by atoms with E-state index in [9.17, 15) is 0 Å². The smallest absolute Gasteiger partial charge is 0.213 e. The first-order chi connectivity index (χ1) is 9.19. The normalized spacial score (nSPS) is 10.3. The van der Waals surface area contributed by atoms with Crippen molar-refractivity contribution in [2.45, 2.75) is 13.5 Å². The van der Waals surface area contributed by atoms with Gasteiger partial charge >= 0.3 is 0 Å². The predicted molar refractivity (Wildman–Crippen MR) is 82.4 cm³/mol. The lowest BCUT2D eigenvalue weighted by atomic mass is 10.3. The lowest BCUT2D eigenvalue weighted by molar-refractivity contribution is 0.327. The molecule has 4 nitrogen and oxygen atoms in total. The molecule has 19 heavy (non-hydrogen) atoms. The van der Waals surface area contributed by atoms with Crippen molar-refractivity contribution < 1.29 is 4.74 Å². The highest BCUT2D eigenvalue weighted by molar-refractivity contribution is 9.11. The lowest BCUT2D eigenvalue weighted by Crippen LogP contribution is -2.03. The Labute approximate surface area is 128 Å². The Morgan fingerprint density at radius 1 is 1.21 bits per heavy atom. The Morgan fingerprint density at radius 3 is 2.68 bits per heavy atom. The summed E-state index contributed by atoms with van der Waals surface area (Å²) in [7, 11) is 0. The number of hydrogen-bond acceptors (Lipinski definition) is 4. The molecule has 2 rings (SSSR count). The van der Waals surface area contributed by atoms with Crippen LogP contribution < -0.4 is 10.1 Å². The molecule has 100 valence electrons. The fourth-order valence-corrected chi connectivity index (χ4v) is 2.60. The molecule has 0 aliphatic heterocycles. The highest BCUT2D eigenvalue weighted by Gasteiger charge is 2.03. The van der Waals surface area contributed by atoms with Crippen LogP contribution in [0.4, 0.5) is 5.69 Å². The summed E-state index contributed by atoms with van der Waals surface area (Å²) in [5.41, 5.74) is 1.87. The molecule has 1 N–H and O–H groups in total. The Kier molecular flexibility index (Phi) is 5.15. The van der Waals surface area contributed by atoms with Gasteiger partial charge in [0.15, 0.2) is 0 Å². The predicted octanol–water partition coefficient (Wildman–Crippen LogP) is 4.01. The van der Waals surface area contributed by atoms with Gasteiger partial charge in [-0.15, -0.1) is 0 Å². The van der Waals surface area contributed by atoms with Gasteiger partial charge in [-0.1, -0.05) is 0 Å². The number of nitrogens with one attached hydrogen (secondary N) is 1. The molecule has 0 saturated carbocycles. The van der Waals surface area contributed by atoms with Crippen LogP contribution in [0.5, 0.6) is 5.88 Å². The van der Waals surface area contributed by atoms with E-state index in [0.29, 0.717) is 19.0 Å². The molecule has 0 unspecified atom stereocenters. The average molecular weight is 387 g/mol. The van der Waals surface area contributed by atoms with E-state index in [2.05, 4.69) is 47.1 Å². The maximum atomic E-state index is 5.29. The first-order valence-corrected chi connectivity index (χ1v) is 7.40. The fourth-order valence-electron chi connectivity index (χ4n) is 1.48. The van der Waals surface area contributed by atoms with Crippen LogP contribution in [0.15, 0.2) is 39.5 Å². The molecule has 6 heteroatoms. The zero-order valence-corrected chi connectivity index (χ0v) is 13.5. The van der Waals surface area contributed by atoms with E-state index in [1.165, 1.54) is 0 Å². The van der Waals surface area contributed by atoms with Gasteiger partial charge in [0, 0.05) is 21.2 Å². The Bertz CT molecular complexity index is 546. The molecule has 0 bridgehead atoms. The quantitative estimate of drug-likeness (QED) is 0.843. The van der Waals surface area contributed by atoms with Crippen molar-refractivity contribution in [3.8, 4) is 5.88 Å². The standard InChI is InChI=1S/C13H13Br2N3O/c1-2-19-13-4-3-10(7-18-13)16-8-12-11(15)5-9(14)6-17-12/h3-7,16H,2,8H2,1H3. The van der Waals surface area contributed by atoms with Gasteiger partial charge in [0.05, 0.1) is 30.7 Å². The fraction of sp³-hybridized carbons (Fsp3) is 0.231. The number of rotatable bonds is 5. The molecule has 0 saturated heterocycles. The summed E-state index contributed by atoms with van der Waals surface area (Å²) < 4.78 is 7.21. The van der Waals surface area contributed by atoms with Crippen molar-refractivity contribution in [2.75, 3.05) is 11.9 Å². The molecule has 0 fully saturated rings. The molecular formula is C13H13Br2N3O. The van der Waals surface area contributed by atoms with E-state index in [4.69, 9.17) is 4.74 Å². The molecule has 0 atom stereocenters. The van der Waals surface area contributed by atoms with Gasteiger partial charge in [0.2, 0.25) is 5.88 Å². The Morgan fingerprint density at radius 2 is 2.05 bits per heavy atom. The Balaban J connectivity index is 1.98. The van der Waals surface area contributed by atoms with Gasteiger partial charge in [-0.3, -0.25) is 4.98 Å². The van der Waals surface area contributed by atoms with Crippen LogP contribution in [0.2, 0.25) is 0 Å². The van der Waals surface area contributed by atoms with Crippen LogP contribution >= 0.6 is 31.9 Å². The molecule has 0 aliphatic carbocycles. The van der Waals surface area contributed by atoms with E-state index >= 15 is 0 Å². The van der Waals surface area contributed by atoms with Crippen molar-refractivity contribution in [1.82, 2.24) is 9.97 Å². The summed E-state index contributed by atoms with van der Waals surface area (Å²) in [4.78, 5) is 8.53. The highest BCUT2D eigenvalue weighted by Crippen LogP contribution is 2.20. The molecule has 2 heterocycles. The zero-order chi connectivity index (χ0) is 13.7. The average Bonchev–Trinajstić information content (AvgIpc) is 2.40. The van der Waals surface area contributed by atoms with Crippen LogP contribution in [0.25, 0.3) is 0 Å².